The predicted molar refractivity (Wildman–Crippen MR) is 71.7 cm³/mol. The molecule has 0 saturated carbocycles. The number of aliphatic hydroxyl groups is 1. The van der Waals surface area contributed by atoms with Gasteiger partial charge in [0.1, 0.15) is 11.3 Å². The molecule has 6 heteroatoms. The highest BCUT2D eigenvalue weighted by Gasteiger charge is 2.25. The van der Waals surface area contributed by atoms with Crippen molar-refractivity contribution in [1.82, 2.24) is 0 Å². The van der Waals surface area contributed by atoms with Crippen LogP contribution in [0.15, 0.2) is 30.3 Å². The molecule has 104 valence electrons. The van der Waals surface area contributed by atoms with Gasteiger partial charge in [-0.05, 0) is 11.6 Å². The molecule has 0 unspecified atom stereocenters. The maximum absolute atomic E-state index is 9.91. The van der Waals surface area contributed by atoms with Crippen LogP contribution in [0.5, 0.6) is 28.7 Å². The Kier molecular flexibility index (Phi) is 3.30. The molecule has 0 spiro atoms. The first-order valence-corrected chi connectivity index (χ1v) is 5.58. The Morgan fingerprint density at radius 1 is 0.700 bits per heavy atom. The molecule has 6 N–H and O–H groups in total. The molecule has 0 aromatic heterocycles. The number of benzene rings is 2. The van der Waals surface area contributed by atoms with Crippen LogP contribution in [-0.4, -0.2) is 30.6 Å². The summed E-state index contributed by atoms with van der Waals surface area (Å²) >= 11 is 0. The standard InChI is InChI=1S/C14H12O6/c15-8(6-7-4-2-1-3-5-7)9-10(16)12(18)14(20)13(19)11(9)17/h1-6,15-20H. The summed E-state index contributed by atoms with van der Waals surface area (Å²) in [4.78, 5) is 0. The molecule has 0 aliphatic carbocycles. The summed E-state index contributed by atoms with van der Waals surface area (Å²) < 4.78 is 0. The van der Waals surface area contributed by atoms with Gasteiger partial charge in [0, 0.05) is 0 Å². The number of hydrogen-bond donors (Lipinski definition) is 6. The van der Waals surface area contributed by atoms with Crippen molar-refractivity contribution in [2.45, 2.75) is 0 Å². The molecular formula is C14H12O6. The van der Waals surface area contributed by atoms with E-state index in [4.69, 9.17) is 0 Å². The maximum atomic E-state index is 9.91. The fourth-order valence-electron chi connectivity index (χ4n) is 1.71. The maximum Gasteiger partial charge on any atom is 0.208 e. The molecule has 2 aromatic rings. The lowest BCUT2D eigenvalue weighted by Crippen LogP contribution is -1.88. The van der Waals surface area contributed by atoms with Crippen LogP contribution in [0.4, 0.5) is 0 Å². The number of aliphatic hydroxyl groups excluding tert-OH is 1. The van der Waals surface area contributed by atoms with Gasteiger partial charge in [0.25, 0.3) is 0 Å². The summed E-state index contributed by atoms with van der Waals surface area (Å²) in [6.07, 6.45) is 1.21. The normalized spacial score (nSPS) is 11.5. The van der Waals surface area contributed by atoms with Gasteiger partial charge in [-0.3, -0.25) is 0 Å². The average molecular weight is 276 g/mol. The SMILES string of the molecule is OC(=Cc1ccccc1)c1c(O)c(O)c(O)c(O)c1O. The minimum Gasteiger partial charge on any atom is -0.507 e. The zero-order valence-corrected chi connectivity index (χ0v) is 10.1. The Bertz CT molecular complexity index is 647. The Morgan fingerprint density at radius 3 is 1.65 bits per heavy atom. The molecule has 0 heterocycles. The van der Waals surface area contributed by atoms with E-state index in [1.807, 2.05) is 0 Å². The van der Waals surface area contributed by atoms with E-state index in [1.165, 1.54) is 6.08 Å². The van der Waals surface area contributed by atoms with E-state index in [1.54, 1.807) is 30.3 Å². The lowest BCUT2D eigenvalue weighted by molar-refractivity contribution is 0.325. The van der Waals surface area contributed by atoms with Gasteiger partial charge < -0.3 is 30.6 Å². The quantitative estimate of drug-likeness (QED) is 0.216. The van der Waals surface area contributed by atoms with E-state index in [0.717, 1.165) is 0 Å². The van der Waals surface area contributed by atoms with Gasteiger partial charge in [0.2, 0.25) is 17.2 Å². The third-order valence-corrected chi connectivity index (χ3v) is 2.73. The van der Waals surface area contributed by atoms with E-state index in [-0.39, 0.29) is 0 Å². The lowest BCUT2D eigenvalue weighted by Gasteiger charge is -2.11. The second-order valence-electron chi connectivity index (χ2n) is 4.06. The van der Waals surface area contributed by atoms with Crippen LogP contribution in [-0.2, 0) is 0 Å². The first kappa shape index (κ1) is 13.4. The second kappa shape index (κ2) is 4.93. The molecular weight excluding hydrogens is 264 g/mol. The highest BCUT2D eigenvalue weighted by atomic mass is 16.4. The molecule has 2 rings (SSSR count). The van der Waals surface area contributed by atoms with Gasteiger partial charge in [0.15, 0.2) is 11.5 Å². The van der Waals surface area contributed by atoms with Gasteiger partial charge >= 0.3 is 0 Å². The van der Waals surface area contributed by atoms with Crippen LogP contribution in [0, 0.1) is 0 Å². The Morgan fingerprint density at radius 2 is 1.15 bits per heavy atom. The molecule has 0 fully saturated rings. The van der Waals surface area contributed by atoms with Crippen LogP contribution < -0.4 is 0 Å². The van der Waals surface area contributed by atoms with E-state index >= 15 is 0 Å². The highest BCUT2D eigenvalue weighted by molar-refractivity contribution is 5.86. The monoisotopic (exact) mass is 276 g/mol. The summed E-state index contributed by atoms with van der Waals surface area (Å²) in [6, 6.07) is 8.51. The summed E-state index contributed by atoms with van der Waals surface area (Å²) in [5, 5.41) is 57.3. The van der Waals surface area contributed by atoms with E-state index in [2.05, 4.69) is 0 Å². The van der Waals surface area contributed by atoms with Crippen LogP contribution in [0.3, 0.4) is 0 Å². The molecule has 0 atom stereocenters. The third kappa shape index (κ3) is 2.14. The topological polar surface area (TPSA) is 121 Å². The molecule has 0 aliphatic rings. The Balaban J connectivity index is 2.62. The summed E-state index contributed by atoms with van der Waals surface area (Å²) in [5.41, 5.74) is -0.0162. The average Bonchev–Trinajstić information content (AvgIpc) is 2.44. The summed E-state index contributed by atoms with van der Waals surface area (Å²) in [5.74, 6) is -5.62. The second-order valence-corrected chi connectivity index (χ2v) is 4.06. The van der Waals surface area contributed by atoms with Crippen molar-refractivity contribution in [1.29, 1.82) is 0 Å². The van der Waals surface area contributed by atoms with Gasteiger partial charge in [-0.2, -0.15) is 0 Å². The van der Waals surface area contributed by atoms with Crippen LogP contribution in [0.2, 0.25) is 0 Å². The molecule has 0 amide bonds. The molecule has 0 bridgehead atoms. The fraction of sp³-hybridized carbons (Fsp3) is 0. The number of phenols is 5. The lowest BCUT2D eigenvalue weighted by atomic mass is 10.1. The third-order valence-electron chi connectivity index (χ3n) is 2.73. The smallest absolute Gasteiger partial charge is 0.208 e. The fourth-order valence-corrected chi connectivity index (χ4v) is 1.71. The van der Waals surface area contributed by atoms with Crippen molar-refractivity contribution >= 4 is 11.8 Å². The molecule has 0 aliphatic heterocycles. The predicted octanol–water partition coefficient (Wildman–Crippen LogP) is 2.27. The van der Waals surface area contributed by atoms with Crippen LogP contribution >= 0.6 is 0 Å². The van der Waals surface area contributed by atoms with Crippen molar-refractivity contribution in [2.75, 3.05) is 0 Å². The van der Waals surface area contributed by atoms with E-state index in [0.29, 0.717) is 5.56 Å². The van der Waals surface area contributed by atoms with Crippen LogP contribution in [0.1, 0.15) is 11.1 Å². The summed E-state index contributed by atoms with van der Waals surface area (Å²) in [7, 11) is 0. The van der Waals surface area contributed by atoms with E-state index < -0.39 is 40.1 Å². The molecule has 0 radical (unpaired) electrons. The molecule has 6 nitrogen and oxygen atoms in total. The number of aromatic hydroxyl groups is 5. The molecule has 20 heavy (non-hydrogen) atoms. The Labute approximate surface area is 113 Å². The minimum absolute atomic E-state index is 0.566. The van der Waals surface area contributed by atoms with Crippen molar-refractivity contribution < 1.29 is 30.6 Å². The van der Waals surface area contributed by atoms with Gasteiger partial charge in [-0.1, -0.05) is 30.3 Å². The largest absolute Gasteiger partial charge is 0.507 e. The zero-order valence-electron chi connectivity index (χ0n) is 10.1. The first-order valence-electron chi connectivity index (χ1n) is 5.58. The first-order chi connectivity index (χ1) is 9.43. The van der Waals surface area contributed by atoms with Crippen molar-refractivity contribution in [2.24, 2.45) is 0 Å². The number of phenolic OH excluding ortho intramolecular Hbond substituents is 5. The van der Waals surface area contributed by atoms with Crippen LogP contribution in [0.25, 0.3) is 11.8 Å². The summed E-state index contributed by atoms with van der Waals surface area (Å²) in [6.45, 7) is 0. The van der Waals surface area contributed by atoms with E-state index in [9.17, 15) is 30.6 Å². The van der Waals surface area contributed by atoms with Crippen molar-refractivity contribution in [3.8, 4) is 28.7 Å². The zero-order chi connectivity index (χ0) is 14.9. The number of rotatable bonds is 2. The minimum atomic E-state index is -1.07. The van der Waals surface area contributed by atoms with Gasteiger partial charge in [-0.15, -0.1) is 0 Å². The van der Waals surface area contributed by atoms with Gasteiger partial charge in [0.05, 0.1) is 0 Å². The number of hydrogen-bond acceptors (Lipinski definition) is 6. The van der Waals surface area contributed by atoms with Crippen molar-refractivity contribution in [3.05, 3.63) is 41.5 Å². The van der Waals surface area contributed by atoms with Gasteiger partial charge in [-0.25, -0.2) is 0 Å². The molecule has 0 saturated heterocycles. The molecule has 2 aromatic carbocycles. The highest BCUT2D eigenvalue weighted by Crippen LogP contribution is 2.52. The Hall–Kier alpha value is -3.02. The van der Waals surface area contributed by atoms with Crippen molar-refractivity contribution in [3.63, 3.8) is 0 Å².